The lowest BCUT2D eigenvalue weighted by Gasteiger charge is -2.06. The number of carbonyl (C=O) groups is 3. The number of benzene rings is 1. The molecule has 8 nitrogen and oxygen atoms in total. The molecule has 0 aliphatic heterocycles. The maximum absolute atomic E-state index is 11.5. The van der Waals surface area contributed by atoms with Crippen molar-refractivity contribution < 1.29 is 23.9 Å². The number of urea groups is 1. The molecular weight excluding hydrogens is 302 g/mol. The van der Waals surface area contributed by atoms with Gasteiger partial charge in [0.25, 0.3) is 5.91 Å². The monoisotopic (exact) mass is 317 g/mol. The molecule has 1 aromatic rings. The Labute approximate surface area is 132 Å². The normalized spacial score (nSPS) is 10.3. The molecular formula is C15H15N3O5. The van der Waals surface area contributed by atoms with Gasteiger partial charge in [-0.15, -0.1) is 0 Å². The van der Waals surface area contributed by atoms with Gasteiger partial charge in [0.05, 0.1) is 6.61 Å². The molecule has 0 saturated carbocycles. The SMILES string of the molecule is CCOC(=O)COc1ccc(/C=C(/C#N)C(=O)NC(N)=O)cc1. The molecule has 23 heavy (non-hydrogen) atoms. The van der Waals surface area contributed by atoms with Gasteiger partial charge in [-0.1, -0.05) is 12.1 Å². The number of amides is 3. The summed E-state index contributed by atoms with van der Waals surface area (Å²) in [6, 6.07) is 6.91. The largest absolute Gasteiger partial charge is 0.482 e. The molecule has 0 aromatic heterocycles. The first-order valence-corrected chi connectivity index (χ1v) is 6.57. The van der Waals surface area contributed by atoms with Gasteiger partial charge in [-0.3, -0.25) is 10.1 Å². The number of nitrogens with zero attached hydrogens (tertiary/aromatic N) is 1. The molecule has 0 radical (unpaired) electrons. The van der Waals surface area contributed by atoms with Crippen molar-refractivity contribution in [2.45, 2.75) is 6.92 Å². The van der Waals surface area contributed by atoms with E-state index in [1.54, 1.807) is 42.6 Å². The number of primary amides is 1. The van der Waals surface area contributed by atoms with Crippen molar-refractivity contribution in [3.05, 3.63) is 35.4 Å². The quantitative estimate of drug-likeness (QED) is 0.451. The lowest BCUT2D eigenvalue weighted by Crippen LogP contribution is -2.35. The maximum atomic E-state index is 11.5. The third-order valence-corrected chi connectivity index (χ3v) is 2.45. The van der Waals surface area contributed by atoms with Gasteiger partial charge in [0.15, 0.2) is 6.61 Å². The van der Waals surface area contributed by atoms with Gasteiger partial charge < -0.3 is 15.2 Å². The summed E-state index contributed by atoms with van der Waals surface area (Å²) in [6.45, 7) is 1.75. The first-order chi connectivity index (χ1) is 11.0. The van der Waals surface area contributed by atoms with Gasteiger partial charge in [-0.25, -0.2) is 9.59 Å². The molecule has 0 atom stereocenters. The Kier molecular flexibility index (Phi) is 6.81. The van der Waals surface area contributed by atoms with Gasteiger partial charge in [0.2, 0.25) is 0 Å². The van der Waals surface area contributed by atoms with E-state index in [1.807, 2.05) is 0 Å². The summed E-state index contributed by atoms with van der Waals surface area (Å²) >= 11 is 0. The second kappa shape index (κ2) is 8.84. The lowest BCUT2D eigenvalue weighted by molar-refractivity contribution is -0.145. The van der Waals surface area contributed by atoms with Crippen molar-refractivity contribution in [1.29, 1.82) is 5.26 Å². The number of ether oxygens (including phenoxy) is 2. The van der Waals surface area contributed by atoms with Crippen LogP contribution in [0.25, 0.3) is 6.08 Å². The first-order valence-electron chi connectivity index (χ1n) is 6.57. The van der Waals surface area contributed by atoms with Crippen LogP contribution in [0.3, 0.4) is 0 Å². The van der Waals surface area contributed by atoms with E-state index in [4.69, 9.17) is 20.5 Å². The summed E-state index contributed by atoms with van der Waals surface area (Å²) in [5.41, 5.74) is 5.07. The van der Waals surface area contributed by atoms with Gasteiger partial charge in [0.1, 0.15) is 17.4 Å². The van der Waals surface area contributed by atoms with E-state index in [1.165, 1.54) is 6.08 Å². The van der Waals surface area contributed by atoms with Crippen molar-refractivity contribution in [3.63, 3.8) is 0 Å². The topological polar surface area (TPSA) is 132 Å². The number of hydrogen-bond acceptors (Lipinski definition) is 6. The molecule has 0 aliphatic carbocycles. The fourth-order valence-electron chi connectivity index (χ4n) is 1.50. The van der Waals surface area contributed by atoms with Crippen LogP contribution in [0.2, 0.25) is 0 Å². The summed E-state index contributed by atoms with van der Waals surface area (Å²) < 4.78 is 9.93. The third-order valence-electron chi connectivity index (χ3n) is 2.45. The summed E-state index contributed by atoms with van der Waals surface area (Å²) in [6.07, 6.45) is 1.29. The van der Waals surface area contributed by atoms with E-state index in [2.05, 4.69) is 0 Å². The molecule has 0 bridgehead atoms. The number of nitriles is 1. The minimum Gasteiger partial charge on any atom is -0.482 e. The van der Waals surface area contributed by atoms with Gasteiger partial charge >= 0.3 is 12.0 Å². The summed E-state index contributed by atoms with van der Waals surface area (Å²) in [4.78, 5) is 33.3. The number of rotatable bonds is 6. The van der Waals surface area contributed by atoms with Crippen LogP contribution in [0.5, 0.6) is 5.75 Å². The lowest BCUT2D eigenvalue weighted by atomic mass is 10.1. The average molecular weight is 317 g/mol. The van der Waals surface area contributed by atoms with Crippen LogP contribution >= 0.6 is 0 Å². The summed E-state index contributed by atoms with van der Waals surface area (Å²) in [5.74, 6) is -0.940. The van der Waals surface area contributed by atoms with E-state index in [9.17, 15) is 14.4 Å². The van der Waals surface area contributed by atoms with Crippen LogP contribution < -0.4 is 15.8 Å². The zero-order valence-corrected chi connectivity index (χ0v) is 12.4. The number of carbonyl (C=O) groups excluding carboxylic acids is 3. The molecule has 0 aliphatic rings. The van der Waals surface area contributed by atoms with E-state index in [-0.39, 0.29) is 18.8 Å². The fourth-order valence-corrected chi connectivity index (χ4v) is 1.50. The van der Waals surface area contributed by atoms with E-state index in [0.29, 0.717) is 11.3 Å². The minimum absolute atomic E-state index is 0.215. The van der Waals surface area contributed by atoms with Crippen molar-refractivity contribution in [2.24, 2.45) is 5.73 Å². The second-order valence-corrected chi connectivity index (χ2v) is 4.15. The molecule has 0 heterocycles. The van der Waals surface area contributed by atoms with Crippen LogP contribution in [0.1, 0.15) is 12.5 Å². The number of nitrogens with one attached hydrogen (secondary N) is 1. The van der Waals surface area contributed by atoms with E-state index < -0.39 is 17.9 Å². The number of nitrogens with two attached hydrogens (primary N) is 1. The highest BCUT2D eigenvalue weighted by Gasteiger charge is 2.10. The third kappa shape index (κ3) is 6.31. The average Bonchev–Trinajstić information content (AvgIpc) is 2.51. The molecule has 3 N–H and O–H groups in total. The van der Waals surface area contributed by atoms with Gasteiger partial charge in [0, 0.05) is 0 Å². The Morgan fingerprint density at radius 2 is 1.96 bits per heavy atom. The molecule has 0 spiro atoms. The minimum atomic E-state index is -1.04. The van der Waals surface area contributed by atoms with Crippen molar-refractivity contribution in [1.82, 2.24) is 5.32 Å². The van der Waals surface area contributed by atoms with Gasteiger partial charge in [-0.2, -0.15) is 5.26 Å². The molecule has 1 rings (SSSR count). The number of esters is 1. The Hall–Kier alpha value is -3.34. The van der Waals surface area contributed by atoms with Crippen LogP contribution in [-0.4, -0.2) is 31.1 Å². The Morgan fingerprint density at radius 1 is 1.30 bits per heavy atom. The fraction of sp³-hybridized carbons (Fsp3) is 0.200. The standard InChI is InChI=1S/C15H15N3O5/c1-2-22-13(19)9-23-12-5-3-10(4-6-12)7-11(8-16)14(20)18-15(17)21/h3-7H,2,9H2,1H3,(H3,17,18,20,21)/b11-7-. The Balaban J connectivity index is 2.73. The van der Waals surface area contributed by atoms with E-state index in [0.717, 1.165) is 0 Å². The second-order valence-electron chi connectivity index (χ2n) is 4.15. The number of imide groups is 1. The van der Waals surface area contributed by atoms with E-state index >= 15 is 0 Å². The Bertz CT molecular complexity index is 659. The predicted molar refractivity (Wildman–Crippen MR) is 79.9 cm³/mol. The molecule has 0 unspecified atom stereocenters. The molecule has 0 fully saturated rings. The molecule has 3 amide bonds. The molecule has 120 valence electrons. The predicted octanol–water partition coefficient (Wildman–Crippen LogP) is 0.730. The smallest absolute Gasteiger partial charge is 0.344 e. The van der Waals surface area contributed by atoms with Crippen molar-refractivity contribution >= 4 is 24.0 Å². The maximum Gasteiger partial charge on any atom is 0.344 e. The molecule has 0 saturated heterocycles. The highest BCUT2D eigenvalue weighted by molar-refractivity contribution is 6.08. The summed E-state index contributed by atoms with van der Waals surface area (Å²) in [5, 5.41) is 10.7. The highest BCUT2D eigenvalue weighted by Crippen LogP contribution is 2.14. The van der Waals surface area contributed by atoms with Crippen molar-refractivity contribution in [3.8, 4) is 11.8 Å². The van der Waals surface area contributed by atoms with Crippen LogP contribution in [0.4, 0.5) is 4.79 Å². The van der Waals surface area contributed by atoms with Crippen LogP contribution in [0, 0.1) is 11.3 Å². The number of hydrogen-bond donors (Lipinski definition) is 2. The highest BCUT2D eigenvalue weighted by atomic mass is 16.6. The van der Waals surface area contributed by atoms with Crippen LogP contribution in [-0.2, 0) is 14.3 Å². The molecule has 8 heteroatoms. The van der Waals surface area contributed by atoms with Gasteiger partial charge in [-0.05, 0) is 30.7 Å². The zero-order valence-electron chi connectivity index (χ0n) is 12.4. The zero-order chi connectivity index (χ0) is 17.2. The summed E-state index contributed by atoms with van der Waals surface area (Å²) in [7, 11) is 0. The van der Waals surface area contributed by atoms with Crippen LogP contribution in [0.15, 0.2) is 29.8 Å². The first kappa shape index (κ1) is 17.7. The Morgan fingerprint density at radius 3 is 2.48 bits per heavy atom. The molecule has 1 aromatic carbocycles. The van der Waals surface area contributed by atoms with Crippen molar-refractivity contribution in [2.75, 3.05) is 13.2 Å².